The molecule has 0 radical (unpaired) electrons. The van der Waals surface area contributed by atoms with Gasteiger partial charge in [-0.2, -0.15) is 0 Å². The number of hydrogen-bond acceptors (Lipinski definition) is 9. The Morgan fingerprint density at radius 2 is 0.817 bits per heavy atom. The van der Waals surface area contributed by atoms with Crippen LogP contribution in [0.5, 0.6) is 0 Å². The maximum absolute atomic E-state index is 12.7. The van der Waals surface area contributed by atoms with E-state index >= 15 is 0 Å². The lowest BCUT2D eigenvalue weighted by Gasteiger charge is -2.46. The fourth-order valence-electron chi connectivity index (χ4n) is 5.12. The van der Waals surface area contributed by atoms with Crippen LogP contribution in [0.2, 0.25) is 0 Å². The predicted molar refractivity (Wildman–Crippen MR) is 227 cm³/mol. The second-order valence-corrected chi connectivity index (χ2v) is 14.0. The Morgan fingerprint density at radius 1 is 0.500 bits per heavy atom. The Kier molecular flexibility index (Phi) is 18.1. The summed E-state index contributed by atoms with van der Waals surface area (Å²) in [5.41, 5.74) is -6.68. The van der Waals surface area contributed by atoms with Crippen molar-refractivity contribution < 1.29 is 42.3 Å². The van der Waals surface area contributed by atoms with Crippen LogP contribution in [0.3, 0.4) is 0 Å². The minimum absolute atomic E-state index is 0.467. The lowest BCUT2D eigenvalue weighted by atomic mass is 9.75. The summed E-state index contributed by atoms with van der Waals surface area (Å²) in [6.07, 6.45) is 7.85. The first-order valence-electron chi connectivity index (χ1n) is 17.7. The largest absolute Gasteiger partial charge is 0.628 e. The van der Waals surface area contributed by atoms with Crippen LogP contribution in [0, 0.1) is 166 Å². The topological polar surface area (TPSA) is 98.8 Å². The zero-order chi connectivity index (χ0) is 44.8. The van der Waals surface area contributed by atoms with Crippen molar-refractivity contribution in [2.45, 2.75) is 110 Å². The number of rotatable bonds is 6. The van der Waals surface area contributed by atoms with Crippen molar-refractivity contribution in [2.24, 2.45) is 0 Å². The minimum Gasteiger partial charge on any atom is -0.457 e. The first kappa shape index (κ1) is 48.6. The third-order valence-corrected chi connectivity index (χ3v) is 8.95. The maximum atomic E-state index is 12.7. The number of allylic oxidation sites excluding steroid dienone is 2. The van der Waals surface area contributed by atoms with Gasteiger partial charge in [0.25, 0.3) is 0 Å². The molecule has 0 saturated carbocycles. The fourth-order valence-corrected chi connectivity index (χ4v) is 5.12. The molecule has 292 valence electrons. The molecule has 11 heteroatoms. The van der Waals surface area contributed by atoms with Crippen LogP contribution in [-0.2, 0) is 42.3 Å². The van der Waals surface area contributed by atoms with Gasteiger partial charge in [0, 0.05) is 48.4 Å². The summed E-state index contributed by atoms with van der Waals surface area (Å²) in [6, 6.07) is 0. The molecule has 0 aliphatic carbocycles. The molecule has 2 aliphatic heterocycles. The summed E-state index contributed by atoms with van der Waals surface area (Å²) >= 11 is 0. The van der Waals surface area contributed by atoms with Crippen LogP contribution in [0.4, 0.5) is 0 Å². The monoisotopic (exact) mass is 790 g/mol. The highest BCUT2D eigenvalue weighted by Crippen LogP contribution is 2.49. The van der Waals surface area contributed by atoms with Crippen molar-refractivity contribution in [3.63, 3.8) is 0 Å². The third kappa shape index (κ3) is 14.4. The molecule has 2 heterocycles. The van der Waals surface area contributed by atoms with Gasteiger partial charge in [-0.1, -0.05) is 11.8 Å². The van der Waals surface area contributed by atoms with E-state index in [1.54, 1.807) is 69.2 Å². The molecular formula is C49H36B2O9. The van der Waals surface area contributed by atoms with Gasteiger partial charge in [-0.25, -0.2) is 4.79 Å². The smallest absolute Gasteiger partial charge is 0.457 e. The Hall–Kier alpha value is -7.55. The van der Waals surface area contributed by atoms with E-state index in [0.717, 1.165) is 0 Å². The highest BCUT2D eigenvalue weighted by atomic mass is 16.9. The van der Waals surface area contributed by atoms with Crippen LogP contribution in [0.15, 0.2) is 12.2 Å². The molecule has 9 nitrogen and oxygen atoms in total. The zero-order valence-corrected chi connectivity index (χ0v) is 35.1. The summed E-state index contributed by atoms with van der Waals surface area (Å²) in [5.74, 6) is 65.7. The van der Waals surface area contributed by atoms with Crippen molar-refractivity contribution in [1.29, 1.82) is 0 Å². The predicted octanol–water partition coefficient (Wildman–Crippen LogP) is 3.04. The average Bonchev–Trinajstić information content (AvgIpc) is 3.53. The van der Waals surface area contributed by atoms with Crippen LogP contribution < -0.4 is 0 Å². The van der Waals surface area contributed by atoms with E-state index in [2.05, 4.69) is 160 Å². The fraction of sp³-hybridized carbons (Fsp3) is 0.347. The standard InChI is InChI=1S/C49H36B2O9/c1-13-14-15-16-17-18-19-20-21-22-23-24-25-26-27-28-29-30-31-32-33-34-35-36-37-38-39-40-41-43(53)55-45(5,6)49(12)47(9,10)57-51(59-49)60-50-56-46(7,8)48(11,58-50)44(3,4)54-42(2)52/h1,36-37H,2-12H3/b37-36+. The van der Waals surface area contributed by atoms with E-state index in [1.165, 1.54) is 19.1 Å². The molecule has 0 bridgehead atoms. The number of esters is 2. The van der Waals surface area contributed by atoms with Crippen molar-refractivity contribution in [3.05, 3.63) is 12.2 Å². The van der Waals surface area contributed by atoms with Crippen LogP contribution >= 0.6 is 0 Å². The van der Waals surface area contributed by atoms with E-state index in [1.807, 2.05) is 0 Å². The molecular weight excluding hydrogens is 754 g/mol. The van der Waals surface area contributed by atoms with Crippen LogP contribution in [0.1, 0.15) is 76.2 Å². The summed E-state index contributed by atoms with van der Waals surface area (Å²) < 4.78 is 41.8. The number of carbonyl (C=O) groups is 2. The van der Waals surface area contributed by atoms with Gasteiger partial charge in [-0.3, -0.25) is 4.79 Å². The highest BCUT2D eigenvalue weighted by Gasteiger charge is 2.68. The molecule has 2 unspecified atom stereocenters. The lowest BCUT2D eigenvalue weighted by Crippen LogP contribution is -2.61. The molecule has 2 aliphatic rings. The molecule has 0 aromatic carbocycles. The van der Waals surface area contributed by atoms with Gasteiger partial charge in [0.15, 0.2) is 0 Å². The van der Waals surface area contributed by atoms with Crippen molar-refractivity contribution in [3.8, 4) is 166 Å². The molecule has 0 aromatic heterocycles. The van der Waals surface area contributed by atoms with Gasteiger partial charge in [-0.15, -0.1) is 6.42 Å². The molecule has 0 spiro atoms. The Labute approximate surface area is 356 Å². The second kappa shape index (κ2) is 22.4. The van der Waals surface area contributed by atoms with E-state index in [9.17, 15) is 9.59 Å². The summed E-state index contributed by atoms with van der Waals surface area (Å²) in [4.78, 5) is 24.5. The number of ether oxygens (including phenoxy) is 2. The van der Waals surface area contributed by atoms with Gasteiger partial charge in [0.2, 0.25) is 0 Å². The van der Waals surface area contributed by atoms with Crippen molar-refractivity contribution >= 4 is 26.6 Å². The van der Waals surface area contributed by atoms with Gasteiger partial charge >= 0.3 is 26.6 Å². The van der Waals surface area contributed by atoms with Crippen molar-refractivity contribution in [1.82, 2.24) is 0 Å². The first-order chi connectivity index (χ1) is 28.2. The summed E-state index contributed by atoms with van der Waals surface area (Å²) in [6.45, 7) is 18.8. The quantitative estimate of drug-likeness (QED) is 0.174. The van der Waals surface area contributed by atoms with Gasteiger partial charge in [0.1, 0.15) is 22.4 Å². The highest BCUT2D eigenvalue weighted by molar-refractivity contribution is 6.53. The summed E-state index contributed by atoms with van der Waals surface area (Å²) in [7, 11) is -2.51. The molecule has 0 amide bonds. The van der Waals surface area contributed by atoms with Gasteiger partial charge < -0.3 is 32.7 Å². The molecule has 2 rings (SSSR count). The first-order valence-corrected chi connectivity index (χ1v) is 17.7. The van der Waals surface area contributed by atoms with E-state index in [4.69, 9.17) is 39.1 Å². The number of terminal acetylenes is 1. The third-order valence-electron chi connectivity index (χ3n) is 8.95. The normalized spacial score (nSPS) is 18.0. The Balaban J connectivity index is 1.88. The Morgan fingerprint density at radius 3 is 1.17 bits per heavy atom. The molecule has 2 atom stereocenters. The van der Waals surface area contributed by atoms with E-state index < -0.39 is 60.2 Å². The second-order valence-electron chi connectivity index (χ2n) is 14.0. The maximum Gasteiger partial charge on any atom is 0.628 e. The lowest BCUT2D eigenvalue weighted by molar-refractivity contribution is -0.190. The SMILES string of the molecule is C#CC#CC#CC#CC#CC#CC#CC#CC#CC#CC#CC#C/C=C/C#CC#CC(=O)OC(C)(C)C1(C)OB(OB2OC(C)(C)C(C)(C(C)(C)OC(C)=O)O2)OC1(C)C. The molecule has 60 heavy (non-hydrogen) atoms. The minimum atomic E-state index is -1.27. The van der Waals surface area contributed by atoms with Gasteiger partial charge in [0.05, 0.1) is 11.2 Å². The summed E-state index contributed by atoms with van der Waals surface area (Å²) in [5, 5.41) is 0. The van der Waals surface area contributed by atoms with Gasteiger partial charge in [-0.05, 0) is 188 Å². The molecule has 0 N–H and O–H groups in total. The van der Waals surface area contributed by atoms with Crippen LogP contribution in [-0.4, -0.2) is 60.2 Å². The van der Waals surface area contributed by atoms with Crippen LogP contribution in [0.25, 0.3) is 0 Å². The number of carbonyl (C=O) groups excluding carboxylic acids is 2. The molecule has 0 aromatic rings. The number of hydrogen-bond donors (Lipinski definition) is 0. The molecule has 2 fully saturated rings. The van der Waals surface area contributed by atoms with Crippen molar-refractivity contribution in [2.75, 3.05) is 0 Å². The average molecular weight is 790 g/mol. The Bertz CT molecular complexity index is 2680. The van der Waals surface area contributed by atoms with E-state index in [0.29, 0.717) is 0 Å². The molecule has 2 saturated heterocycles. The van der Waals surface area contributed by atoms with E-state index in [-0.39, 0.29) is 0 Å². The zero-order valence-electron chi connectivity index (χ0n) is 35.1.